The molecule has 0 radical (unpaired) electrons. The van der Waals surface area contributed by atoms with E-state index in [1.807, 2.05) is 25.5 Å². The van der Waals surface area contributed by atoms with E-state index in [0.717, 1.165) is 6.67 Å². The monoisotopic (exact) mass is 282 g/mol. The zero-order chi connectivity index (χ0) is 7.56. The van der Waals surface area contributed by atoms with Crippen LogP contribution in [0.2, 0.25) is 0 Å². The van der Waals surface area contributed by atoms with Crippen LogP contribution in [0.5, 0.6) is 0 Å². The van der Waals surface area contributed by atoms with Gasteiger partial charge in [0.25, 0.3) is 0 Å². The fourth-order valence-electron chi connectivity index (χ4n) is 0.847. The molecular formula is C7H12Br2N2. The van der Waals surface area contributed by atoms with Gasteiger partial charge in [0.15, 0.2) is 0 Å². The molecule has 2 nitrogen and oxygen atoms in total. The minimum Gasteiger partial charge on any atom is -0.362 e. The van der Waals surface area contributed by atoms with Gasteiger partial charge in [-0.1, -0.05) is 22.0 Å². The lowest BCUT2D eigenvalue weighted by Gasteiger charge is -2.20. The molecule has 4 heteroatoms. The Balaban J connectivity index is 0.000001000. The van der Waals surface area contributed by atoms with Crippen LogP contribution in [0.4, 0.5) is 0 Å². The highest BCUT2D eigenvalue weighted by molar-refractivity contribution is 9.09. The Hall–Kier alpha value is 0.0400. The van der Waals surface area contributed by atoms with Crippen LogP contribution in [0.3, 0.4) is 0 Å². The summed E-state index contributed by atoms with van der Waals surface area (Å²) in [6.07, 6.45) is 5.95. The van der Waals surface area contributed by atoms with Gasteiger partial charge in [-0.25, -0.2) is 0 Å². The summed E-state index contributed by atoms with van der Waals surface area (Å²) >= 11 is 3.46. The normalized spacial score (nSPS) is 18.0. The fraction of sp³-hybridized carbons (Fsp3) is 0.429. The third-order valence-corrected chi connectivity index (χ3v) is 2.31. The molecule has 0 aromatic rings. The van der Waals surface area contributed by atoms with Crippen molar-refractivity contribution in [2.45, 2.75) is 4.95 Å². The highest BCUT2D eigenvalue weighted by atomic mass is 79.9. The second kappa shape index (κ2) is 4.83. The molecule has 1 atom stereocenters. The lowest BCUT2D eigenvalue weighted by Crippen LogP contribution is -2.27. The molecule has 0 aliphatic carbocycles. The van der Waals surface area contributed by atoms with Gasteiger partial charge in [0.05, 0.1) is 6.67 Å². The Kier molecular flexibility index (Phi) is 4.84. The first-order valence-corrected chi connectivity index (χ1v) is 4.06. The third kappa shape index (κ3) is 2.87. The van der Waals surface area contributed by atoms with Crippen molar-refractivity contribution < 1.29 is 0 Å². The molecule has 0 N–H and O–H groups in total. The van der Waals surface area contributed by atoms with Gasteiger partial charge in [-0.15, -0.1) is 23.6 Å². The van der Waals surface area contributed by atoms with Crippen molar-refractivity contribution in [1.82, 2.24) is 9.80 Å². The molecule has 0 fully saturated rings. The molecule has 64 valence electrons. The smallest absolute Gasteiger partial charge is 0.104 e. The van der Waals surface area contributed by atoms with E-state index < -0.39 is 0 Å². The minimum atomic E-state index is 0. The summed E-state index contributed by atoms with van der Waals surface area (Å²) in [5.41, 5.74) is 0. The van der Waals surface area contributed by atoms with Crippen LogP contribution >= 0.6 is 32.9 Å². The van der Waals surface area contributed by atoms with Crippen LogP contribution in [-0.4, -0.2) is 28.5 Å². The topological polar surface area (TPSA) is 6.48 Å². The highest BCUT2D eigenvalue weighted by Gasteiger charge is 2.12. The summed E-state index contributed by atoms with van der Waals surface area (Å²) in [7, 11) is 2.04. The molecule has 1 heterocycles. The zero-order valence-electron chi connectivity index (χ0n) is 6.40. The third-order valence-electron chi connectivity index (χ3n) is 1.41. The Morgan fingerprint density at radius 3 is 2.64 bits per heavy atom. The molecule has 0 saturated carbocycles. The van der Waals surface area contributed by atoms with Gasteiger partial charge in [-0.2, -0.15) is 0 Å². The highest BCUT2D eigenvalue weighted by Crippen LogP contribution is 2.13. The maximum atomic E-state index is 3.69. The Bertz CT molecular complexity index is 159. The first-order valence-electron chi connectivity index (χ1n) is 3.15. The molecule has 0 spiro atoms. The largest absolute Gasteiger partial charge is 0.362 e. The van der Waals surface area contributed by atoms with Crippen molar-refractivity contribution >= 4 is 32.9 Å². The standard InChI is InChI=1S/C7H11BrN2.BrH/c1-3-7(8)10-5-4-9(2)6-10;/h3-5,7H,1,6H2,2H3;1H. The zero-order valence-corrected chi connectivity index (χ0v) is 9.70. The molecular weight excluding hydrogens is 272 g/mol. The molecule has 0 aromatic carbocycles. The molecule has 1 aliphatic heterocycles. The average Bonchev–Trinajstić information content (AvgIpc) is 2.34. The van der Waals surface area contributed by atoms with Crippen molar-refractivity contribution in [3.63, 3.8) is 0 Å². The van der Waals surface area contributed by atoms with E-state index in [4.69, 9.17) is 0 Å². The molecule has 0 bridgehead atoms. The molecule has 1 aliphatic rings. The summed E-state index contributed by atoms with van der Waals surface area (Å²) in [5, 5.41) is 0. The van der Waals surface area contributed by atoms with Crippen molar-refractivity contribution in [1.29, 1.82) is 0 Å². The van der Waals surface area contributed by atoms with Crippen LogP contribution in [0.25, 0.3) is 0 Å². The van der Waals surface area contributed by atoms with E-state index in [1.165, 1.54) is 0 Å². The minimum absolute atomic E-state index is 0. The predicted molar refractivity (Wildman–Crippen MR) is 56.8 cm³/mol. The van der Waals surface area contributed by atoms with Gasteiger partial charge >= 0.3 is 0 Å². The maximum absolute atomic E-state index is 3.69. The first kappa shape index (κ1) is 11.0. The Morgan fingerprint density at radius 1 is 1.64 bits per heavy atom. The van der Waals surface area contributed by atoms with E-state index in [0.29, 0.717) is 0 Å². The molecule has 0 saturated heterocycles. The number of halogens is 2. The van der Waals surface area contributed by atoms with Crippen LogP contribution in [0.15, 0.2) is 25.1 Å². The van der Waals surface area contributed by atoms with Crippen molar-refractivity contribution in [3.8, 4) is 0 Å². The van der Waals surface area contributed by atoms with Crippen LogP contribution in [0, 0.1) is 0 Å². The summed E-state index contributed by atoms with van der Waals surface area (Å²) in [6.45, 7) is 4.62. The molecule has 11 heavy (non-hydrogen) atoms. The number of rotatable bonds is 2. The van der Waals surface area contributed by atoms with E-state index in [2.05, 4.69) is 32.3 Å². The maximum Gasteiger partial charge on any atom is 0.104 e. The van der Waals surface area contributed by atoms with Gasteiger partial charge in [0.1, 0.15) is 4.95 Å². The Labute approximate surface area is 86.4 Å². The number of nitrogens with zero attached hydrogens (tertiary/aromatic N) is 2. The van der Waals surface area contributed by atoms with Crippen molar-refractivity contribution in [2.75, 3.05) is 13.7 Å². The van der Waals surface area contributed by atoms with Gasteiger partial charge in [0.2, 0.25) is 0 Å². The van der Waals surface area contributed by atoms with Gasteiger partial charge in [0, 0.05) is 19.4 Å². The molecule has 0 amide bonds. The van der Waals surface area contributed by atoms with Crippen LogP contribution < -0.4 is 0 Å². The molecule has 1 rings (SSSR count). The summed E-state index contributed by atoms with van der Waals surface area (Å²) in [4.78, 5) is 4.51. The molecule has 1 unspecified atom stereocenters. The average molecular weight is 284 g/mol. The summed E-state index contributed by atoms with van der Waals surface area (Å²) in [6, 6.07) is 0. The lowest BCUT2D eigenvalue weighted by atomic mass is 10.6. The fourth-order valence-corrected chi connectivity index (χ4v) is 1.11. The van der Waals surface area contributed by atoms with Crippen LogP contribution in [0.1, 0.15) is 0 Å². The lowest BCUT2D eigenvalue weighted by molar-refractivity contribution is 0.307. The van der Waals surface area contributed by atoms with Gasteiger partial charge < -0.3 is 9.80 Å². The second-order valence-electron chi connectivity index (χ2n) is 2.32. The number of hydrogen-bond acceptors (Lipinski definition) is 2. The van der Waals surface area contributed by atoms with Gasteiger partial charge in [-0.05, 0) is 0 Å². The predicted octanol–water partition coefficient (Wildman–Crippen LogP) is 2.15. The van der Waals surface area contributed by atoms with E-state index in [-0.39, 0.29) is 21.9 Å². The van der Waals surface area contributed by atoms with E-state index in [1.54, 1.807) is 0 Å². The summed E-state index contributed by atoms with van der Waals surface area (Å²) in [5.74, 6) is 0. The second-order valence-corrected chi connectivity index (χ2v) is 3.26. The van der Waals surface area contributed by atoms with E-state index in [9.17, 15) is 0 Å². The van der Waals surface area contributed by atoms with Crippen LogP contribution in [-0.2, 0) is 0 Å². The number of hydrogen-bond donors (Lipinski definition) is 0. The SMILES string of the molecule is Br.C=CC(Br)N1C=CN(C)C1. The number of alkyl halides is 1. The first-order chi connectivity index (χ1) is 4.74. The molecule has 0 aromatic heterocycles. The quantitative estimate of drug-likeness (QED) is 0.435. The van der Waals surface area contributed by atoms with Gasteiger partial charge in [-0.3, -0.25) is 0 Å². The van der Waals surface area contributed by atoms with Crippen molar-refractivity contribution in [3.05, 3.63) is 25.1 Å². The van der Waals surface area contributed by atoms with E-state index >= 15 is 0 Å². The Morgan fingerprint density at radius 2 is 2.27 bits per heavy atom. The summed E-state index contributed by atoms with van der Waals surface area (Å²) < 4.78 is 0. The van der Waals surface area contributed by atoms with Crippen molar-refractivity contribution in [2.24, 2.45) is 0 Å².